The topological polar surface area (TPSA) is 110 Å². The molecular formula is C18H30N2O6S. The number of Topliss-reactive ketones (excluding diaryl/α,β-unsaturated/α-hetero) is 1. The number of esters is 1. The number of nitrogens with zero attached hydrogens (tertiary/aromatic N) is 1. The molecule has 1 N–H and O–H groups in total. The first-order valence-electron chi connectivity index (χ1n) is 8.83. The van der Waals surface area contributed by atoms with Crippen molar-refractivity contribution in [1.82, 2.24) is 10.2 Å². The summed E-state index contributed by atoms with van der Waals surface area (Å²) in [5, 5.41) is 2.14. The van der Waals surface area contributed by atoms with Gasteiger partial charge in [-0.05, 0) is 27.7 Å². The standard InChI is InChI=1S/C18H30N2O6S/c1-8-20(9-2)16(24)14(19-15(23)11(3)4)18(5,6)27-13(22)10-12(21)17(25)26-7/h11,14H,8-10H2,1-7H3,(H,19,23). The first-order valence-corrected chi connectivity index (χ1v) is 9.64. The number of carbonyl (C=O) groups is 5. The number of nitrogens with one attached hydrogen (secondary N) is 1. The molecule has 0 bridgehead atoms. The second-order valence-electron chi connectivity index (χ2n) is 6.78. The van der Waals surface area contributed by atoms with Crippen LogP contribution < -0.4 is 5.32 Å². The maximum absolute atomic E-state index is 12.9. The predicted octanol–water partition coefficient (Wildman–Crippen LogP) is 1.17. The number of likely N-dealkylation sites (N-methyl/N-ethyl adjacent to an activating group) is 1. The van der Waals surface area contributed by atoms with Crippen LogP contribution in [0, 0.1) is 5.92 Å². The first-order chi connectivity index (χ1) is 12.4. The van der Waals surface area contributed by atoms with E-state index < -0.39 is 34.1 Å². The van der Waals surface area contributed by atoms with Crippen LogP contribution in [0.25, 0.3) is 0 Å². The molecule has 8 nitrogen and oxygen atoms in total. The summed E-state index contributed by atoms with van der Waals surface area (Å²) < 4.78 is 3.27. The molecule has 1 unspecified atom stereocenters. The zero-order chi connectivity index (χ0) is 21.4. The van der Waals surface area contributed by atoms with Gasteiger partial charge in [-0.25, -0.2) is 4.79 Å². The molecule has 0 aliphatic heterocycles. The summed E-state index contributed by atoms with van der Waals surface area (Å²) in [7, 11) is 1.06. The van der Waals surface area contributed by atoms with E-state index in [9.17, 15) is 24.0 Å². The van der Waals surface area contributed by atoms with Crippen LogP contribution in [0.3, 0.4) is 0 Å². The number of ether oxygens (including phenoxy) is 1. The van der Waals surface area contributed by atoms with Gasteiger partial charge in [0.1, 0.15) is 6.04 Å². The van der Waals surface area contributed by atoms with Crippen LogP contribution in [-0.4, -0.2) is 64.6 Å². The minimum Gasteiger partial charge on any atom is -0.463 e. The smallest absolute Gasteiger partial charge is 0.374 e. The summed E-state index contributed by atoms with van der Waals surface area (Å²) in [6, 6.07) is -0.963. The molecule has 1 atom stereocenters. The van der Waals surface area contributed by atoms with Gasteiger partial charge in [-0.3, -0.25) is 19.2 Å². The maximum Gasteiger partial charge on any atom is 0.374 e. The highest BCUT2D eigenvalue weighted by Crippen LogP contribution is 2.31. The van der Waals surface area contributed by atoms with E-state index in [1.807, 2.05) is 13.8 Å². The van der Waals surface area contributed by atoms with E-state index in [0.29, 0.717) is 13.1 Å². The monoisotopic (exact) mass is 402 g/mol. The Kier molecular flexibility index (Phi) is 10.3. The Hall–Kier alpha value is -1.90. The van der Waals surface area contributed by atoms with Crippen molar-refractivity contribution in [1.29, 1.82) is 0 Å². The second-order valence-corrected chi connectivity index (χ2v) is 8.49. The fraction of sp³-hybridized carbons (Fsp3) is 0.722. The molecule has 0 rings (SSSR count). The molecule has 0 aromatic heterocycles. The second kappa shape index (κ2) is 11.1. The van der Waals surface area contributed by atoms with Crippen LogP contribution in [0.1, 0.15) is 48.0 Å². The molecule has 0 heterocycles. The largest absolute Gasteiger partial charge is 0.463 e. The number of methoxy groups -OCH3 is 1. The highest BCUT2D eigenvalue weighted by molar-refractivity contribution is 8.14. The van der Waals surface area contributed by atoms with Crippen molar-refractivity contribution in [3.8, 4) is 0 Å². The van der Waals surface area contributed by atoms with Gasteiger partial charge in [-0.1, -0.05) is 25.6 Å². The number of carbonyl (C=O) groups excluding carboxylic acids is 5. The molecule has 0 radical (unpaired) electrons. The van der Waals surface area contributed by atoms with E-state index in [4.69, 9.17) is 0 Å². The van der Waals surface area contributed by atoms with Gasteiger partial charge < -0.3 is 15.0 Å². The average molecular weight is 403 g/mol. The number of hydrogen-bond acceptors (Lipinski definition) is 7. The Balaban J connectivity index is 5.49. The molecule has 27 heavy (non-hydrogen) atoms. The lowest BCUT2D eigenvalue weighted by molar-refractivity contribution is -0.152. The lowest BCUT2D eigenvalue weighted by Crippen LogP contribution is -2.58. The third-order valence-corrected chi connectivity index (χ3v) is 5.06. The number of amides is 2. The molecule has 0 saturated carbocycles. The molecule has 0 saturated heterocycles. The van der Waals surface area contributed by atoms with Gasteiger partial charge in [0.25, 0.3) is 0 Å². The molecule has 9 heteroatoms. The van der Waals surface area contributed by atoms with Gasteiger partial charge in [-0.2, -0.15) is 0 Å². The summed E-state index contributed by atoms with van der Waals surface area (Å²) >= 11 is 0.757. The minimum atomic E-state index is -1.09. The highest BCUT2D eigenvalue weighted by atomic mass is 32.2. The van der Waals surface area contributed by atoms with Gasteiger partial charge >= 0.3 is 5.97 Å². The minimum absolute atomic E-state index is 0.307. The Labute approximate surface area is 164 Å². The van der Waals surface area contributed by atoms with Crippen molar-refractivity contribution in [2.24, 2.45) is 5.92 Å². The molecular weight excluding hydrogens is 372 g/mol. The third kappa shape index (κ3) is 7.70. The van der Waals surface area contributed by atoms with Crippen LogP contribution in [0.5, 0.6) is 0 Å². The van der Waals surface area contributed by atoms with Crippen molar-refractivity contribution in [2.45, 2.75) is 58.8 Å². The Morgan fingerprint density at radius 1 is 1.07 bits per heavy atom. The van der Waals surface area contributed by atoms with Crippen molar-refractivity contribution in [2.75, 3.05) is 20.2 Å². The van der Waals surface area contributed by atoms with E-state index in [2.05, 4.69) is 10.1 Å². The zero-order valence-electron chi connectivity index (χ0n) is 17.1. The molecule has 154 valence electrons. The summed E-state index contributed by atoms with van der Waals surface area (Å²) in [5.74, 6) is -3.01. The lowest BCUT2D eigenvalue weighted by Gasteiger charge is -2.36. The van der Waals surface area contributed by atoms with Gasteiger partial charge in [0.15, 0.2) is 5.12 Å². The Bertz CT molecular complexity index is 584. The van der Waals surface area contributed by atoms with Crippen molar-refractivity contribution in [3.63, 3.8) is 0 Å². The Morgan fingerprint density at radius 2 is 1.59 bits per heavy atom. The summed E-state index contributed by atoms with van der Waals surface area (Å²) in [4.78, 5) is 61.7. The van der Waals surface area contributed by atoms with Crippen LogP contribution in [-0.2, 0) is 28.7 Å². The Morgan fingerprint density at radius 3 is 2.00 bits per heavy atom. The molecule has 0 aliphatic carbocycles. The number of ketones is 1. The normalized spacial score (nSPS) is 12.3. The molecule has 0 fully saturated rings. The zero-order valence-corrected chi connectivity index (χ0v) is 17.9. The van der Waals surface area contributed by atoms with Gasteiger partial charge in [-0.15, -0.1) is 0 Å². The van der Waals surface area contributed by atoms with Crippen molar-refractivity contribution in [3.05, 3.63) is 0 Å². The van der Waals surface area contributed by atoms with E-state index in [1.54, 1.807) is 32.6 Å². The van der Waals surface area contributed by atoms with Gasteiger partial charge in [0.05, 0.1) is 13.5 Å². The summed E-state index contributed by atoms with van der Waals surface area (Å²) in [5.41, 5.74) is 0. The van der Waals surface area contributed by atoms with Crippen molar-refractivity contribution >= 4 is 40.4 Å². The van der Waals surface area contributed by atoms with E-state index in [-0.39, 0.29) is 17.7 Å². The maximum atomic E-state index is 12.9. The quantitative estimate of drug-likeness (QED) is 0.332. The first kappa shape index (κ1) is 25.1. The third-order valence-electron chi connectivity index (χ3n) is 3.92. The van der Waals surface area contributed by atoms with Crippen molar-refractivity contribution < 1.29 is 28.7 Å². The van der Waals surface area contributed by atoms with Crippen LogP contribution in [0.4, 0.5) is 0 Å². The van der Waals surface area contributed by atoms with Gasteiger partial charge in [0, 0.05) is 23.8 Å². The summed E-state index contributed by atoms with van der Waals surface area (Å²) in [6.45, 7) is 11.3. The van der Waals surface area contributed by atoms with Crippen LogP contribution >= 0.6 is 11.8 Å². The number of rotatable bonds is 10. The highest BCUT2D eigenvalue weighted by Gasteiger charge is 2.41. The fourth-order valence-corrected chi connectivity index (χ4v) is 3.33. The molecule has 0 aliphatic rings. The number of thioether (sulfide) groups is 1. The van der Waals surface area contributed by atoms with Gasteiger partial charge in [0.2, 0.25) is 17.6 Å². The SMILES string of the molecule is CCN(CC)C(=O)C(NC(=O)C(C)C)C(C)(C)SC(=O)CC(=O)C(=O)OC. The molecule has 0 aromatic rings. The fourth-order valence-electron chi connectivity index (χ4n) is 2.27. The lowest BCUT2D eigenvalue weighted by atomic mass is 10.0. The molecule has 0 aromatic carbocycles. The molecule has 0 spiro atoms. The molecule has 2 amide bonds. The summed E-state index contributed by atoms with van der Waals surface area (Å²) in [6.07, 6.45) is -0.634. The van der Waals surface area contributed by atoms with E-state index >= 15 is 0 Å². The van der Waals surface area contributed by atoms with E-state index in [1.165, 1.54) is 0 Å². The van der Waals surface area contributed by atoms with E-state index in [0.717, 1.165) is 18.9 Å². The average Bonchev–Trinajstić information content (AvgIpc) is 2.58. The number of hydrogen-bond donors (Lipinski definition) is 1. The predicted molar refractivity (Wildman–Crippen MR) is 103 cm³/mol. The van der Waals surface area contributed by atoms with Crippen LogP contribution in [0.2, 0.25) is 0 Å². The van der Waals surface area contributed by atoms with Crippen LogP contribution in [0.15, 0.2) is 0 Å².